The lowest BCUT2D eigenvalue weighted by Gasteiger charge is -2.31. The Labute approximate surface area is 89.9 Å². The predicted octanol–water partition coefficient (Wildman–Crippen LogP) is 1.75. The molecule has 0 aromatic carbocycles. The van der Waals surface area contributed by atoms with E-state index in [1.165, 1.54) is 11.0 Å². The lowest BCUT2D eigenvalue weighted by Crippen LogP contribution is -2.45. The van der Waals surface area contributed by atoms with Crippen molar-refractivity contribution in [1.82, 2.24) is 4.90 Å². The molecular weight excluding hydrogens is 194 g/mol. The minimum absolute atomic E-state index is 0.0704. The Morgan fingerprint density at radius 1 is 1.53 bits per heavy atom. The van der Waals surface area contributed by atoms with E-state index in [-0.39, 0.29) is 18.4 Å². The molecule has 4 heteroatoms. The Bertz CT molecular complexity index is 301. The van der Waals surface area contributed by atoms with E-state index in [0.29, 0.717) is 0 Å². The van der Waals surface area contributed by atoms with E-state index in [2.05, 4.69) is 0 Å². The number of ether oxygens (including phenoxy) is 1. The third kappa shape index (κ3) is 3.38. The average molecular weight is 211 g/mol. The number of hydrogen-bond donors (Lipinski definition) is 0. The molecule has 1 aliphatic rings. The molecule has 1 atom stereocenters. The van der Waals surface area contributed by atoms with Crippen molar-refractivity contribution in [2.24, 2.45) is 0 Å². The molecule has 1 rings (SSSR count). The summed E-state index contributed by atoms with van der Waals surface area (Å²) >= 11 is 0. The number of ketones is 1. The van der Waals surface area contributed by atoms with Crippen LogP contribution in [0.1, 0.15) is 27.7 Å². The molecule has 84 valence electrons. The number of hydrogen-bond acceptors (Lipinski definition) is 3. The lowest BCUT2D eigenvalue weighted by atomic mass is 10.1. The van der Waals surface area contributed by atoms with Crippen LogP contribution in [-0.2, 0) is 9.53 Å². The van der Waals surface area contributed by atoms with Crippen molar-refractivity contribution in [1.29, 1.82) is 0 Å². The van der Waals surface area contributed by atoms with Gasteiger partial charge in [-0.3, -0.25) is 9.69 Å². The van der Waals surface area contributed by atoms with Gasteiger partial charge in [0.25, 0.3) is 0 Å². The summed E-state index contributed by atoms with van der Waals surface area (Å²) in [5.74, 6) is -0.0704. The van der Waals surface area contributed by atoms with Gasteiger partial charge >= 0.3 is 6.09 Å². The van der Waals surface area contributed by atoms with Crippen molar-refractivity contribution in [2.45, 2.75) is 39.3 Å². The SMILES string of the molecule is C[C@@H]1C=CC(=O)CN1C(=O)OC(C)(C)C. The number of carbonyl (C=O) groups excluding carboxylic acids is 2. The molecule has 0 unspecified atom stereocenters. The highest BCUT2D eigenvalue weighted by Crippen LogP contribution is 2.14. The Balaban J connectivity index is 2.68. The zero-order chi connectivity index (χ0) is 11.6. The Morgan fingerprint density at radius 3 is 2.67 bits per heavy atom. The van der Waals surface area contributed by atoms with Gasteiger partial charge in [-0.25, -0.2) is 4.79 Å². The lowest BCUT2D eigenvalue weighted by molar-refractivity contribution is -0.116. The van der Waals surface area contributed by atoms with Crippen molar-refractivity contribution in [2.75, 3.05) is 6.54 Å². The maximum Gasteiger partial charge on any atom is 0.411 e. The van der Waals surface area contributed by atoms with E-state index in [4.69, 9.17) is 4.74 Å². The summed E-state index contributed by atoms with van der Waals surface area (Å²) < 4.78 is 5.20. The zero-order valence-electron chi connectivity index (χ0n) is 9.61. The fourth-order valence-electron chi connectivity index (χ4n) is 1.27. The van der Waals surface area contributed by atoms with Gasteiger partial charge < -0.3 is 4.74 Å². The number of amides is 1. The molecule has 0 saturated heterocycles. The maximum absolute atomic E-state index is 11.7. The molecule has 15 heavy (non-hydrogen) atoms. The highest BCUT2D eigenvalue weighted by atomic mass is 16.6. The average Bonchev–Trinajstić information content (AvgIpc) is 2.06. The van der Waals surface area contributed by atoms with Crippen LogP contribution in [0, 0.1) is 0 Å². The van der Waals surface area contributed by atoms with Gasteiger partial charge in [-0.2, -0.15) is 0 Å². The maximum atomic E-state index is 11.7. The molecule has 0 N–H and O–H groups in total. The standard InChI is InChI=1S/C11H17NO3/c1-8-5-6-9(13)7-12(8)10(14)15-11(2,3)4/h5-6,8H,7H2,1-4H3/t8-/m1/s1. The molecule has 0 spiro atoms. The first-order chi connectivity index (χ1) is 6.79. The molecule has 0 fully saturated rings. The van der Waals surface area contributed by atoms with Gasteiger partial charge in [0.05, 0.1) is 12.6 Å². The smallest absolute Gasteiger partial charge is 0.411 e. The van der Waals surface area contributed by atoms with Crippen molar-refractivity contribution in [3.8, 4) is 0 Å². The second-order valence-corrected chi connectivity index (χ2v) is 4.67. The van der Waals surface area contributed by atoms with E-state index in [1.807, 2.05) is 6.92 Å². The van der Waals surface area contributed by atoms with Gasteiger partial charge in [-0.05, 0) is 33.8 Å². The minimum atomic E-state index is -0.527. The number of carbonyl (C=O) groups is 2. The molecule has 1 aliphatic heterocycles. The molecule has 0 aromatic heterocycles. The van der Waals surface area contributed by atoms with E-state index in [0.717, 1.165) is 0 Å². The molecule has 0 saturated carbocycles. The quantitative estimate of drug-likeness (QED) is 0.613. The highest BCUT2D eigenvalue weighted by molar-refractivity contribution is 5.94. The van der Waals surface area contributed by atoms with Gasteiger partial charge in [0, 0.05) is 0 Å². The summed E-state index contributed by atoms with van der Waals surface area (Å²) in [5.41, 5.74) is -0.527. The normalized spacial score (nSPS) is 21.7. The fourth-order valence-corrected chi connectivity index (χ4v) is 1.27. The zero-order valence-corrected chi connectivity index (χ0v) is 9.61. The number of rotatable bonds is 0. The summed E-state index contributed by atoms with van der Waals surface area (Å²) in [6.07, 6.45) is 2.77. The van der Waals surface area contributed by atoms with Gasteiger partial charge in [-0.15, -0.1) is 0 Å². The van der Waals surface area contributed by atoms with E-state index in [9.17, 15) is 9.59 Å². The van der Waals surface area contributed by atoms with Crippen LogP contribution in [0.4, 0.5) is 4.79 Å². The third-order valence-corrected chi connectivity index (χ3v) is 2.01. The minimum Gasteiger partial charge on any atom is -0.444 e. The molecular formula is C11H17NO3. The molecule has 4 nitrogen and oxygen atoms in total. The molecule has 1 heterocycles. The van der Waals surface area contributed by atoms with Crippen LogP contribution in [-0.4, -0.2) is 35.0 Å². The van der Waals surface area contributed by atoms with E-state index >= 15 is 0 Å². The van der Waals surface area contributed by atoms with Gasteiger partial charge in [0.2, 0.25) is 0 Å². The third-order valence-electron chi connectivity index (χ3n) is 2.01. The van der Waals surface area contributed by atoms with Crippen molar-refractivity contribution in [3.63, 3.8) is 0 Å². The monoisotopic (exact) mass is 211 g/mol. The van der Waals surface area contributed by atoms with Crippen molar-refractivity contribution >= 4 is 11.9 Å². The second kappa shape index (κ2) is 4.04. The molecule has 0 aliphatic carbocycles. The van der Waals surface area contributed by atoms with Crippen LogP contribution >= 0.6 is 0 Å². The van der Waals surface area contributed by atoms with Crippen molar-refractivity contribution in [3.05, 3.63) is 12.2 Å². The van der Waals surface area contributed by atoms with Crippen LogP contribution < -0.4 is 0 Å². The summed E-state index contributed by atoms with van der Waals surface area (Å²) in [6.45, 7) is 7.37. The van der Waals surface area contributed by atoms with Crippen LogP contribution in [0.2, 0.25) is 0 Å². The van der Waals surface area contributed by atoms with Crippen LogP contribution in [0.25, 0.3) is 0 Å². The Kier molecular flexibility index (Phi) is 3.17. The van der Waals surface area contributed by atoms with Crippen molar-refractivity contribution < 1.29 is 14.3 Å². The van der Waals surface area contributed by atoms with Gasteiger partial charge in [-0.1, -0.05) is 6.08 Å². The van der Waals surface area contributed by atoms with E-state index < -0.39 is 11.7 Å². The topological polar surface area (TPSA) is 46.6 Å². The first kappa shape index (κ1) is 11.8. The first-order valence-corrected chi connectivity index (χ1v) is 5.00. The van der Waals surface area contributed by atoms with Gasteiger partial charge in [0.1, 0.15) is 5.60 Å². The predicted molar refractivity (Wildman–Crippen MR) is 56.5 cm³/mol. The van der Waals surface area contributed by atoms with Gasteiger partial charge in [0.15, 0.2) is 5.78 Å². The summed E-state index contributed by atoms with van der Waals surface area (Å²) in [6, 6.07) is -0.0856. The summed E-state index contributed by atoms with van der Waals surface area (Å²) in [7, 11) is 0. The van der Waals surface area contributed by atoms with E-state index in [1.54, 1.807) is 26.8 Å². The summed E-state index contributed by atoms with van der Waals surface area (Å²) in [5, 5.41) is 0. The largest absolute Gasteiger partial charge is 0.444 e. The second-order valence-electron chi connectivity index (χ2n) is 4.67. The Morgan fingerprint density at radius 2 is 2.13 bits per heavy atom. The molecule has 0 aromatic rings. The summed E-state index contributed by atoms with van der Waals surface area (Å²) in [4.78, 5) is 24.3. The van der Waals surface area contributed by atoms with Crippen LogP contribution in [0.15, 0.2) is 12.2 Å². The molecule has 0 radical (unpaired) electrons. The van der Waals surface area contributed by atoms with Crippen LogP contribution in [0.5, 0.6) is 0 Å². The molecule has 1 amide bonds. The first-order valence-electron chi connectivity index (χ1n) is 5.00. The fraction of sp³-hybridized carbons (Fsp3) is 0.636. The highest BCUT2D eigenvalue weighted by Gasteiger charge is 2.28. The Hall–Kier alpha value is -1.32. The molecule has 0 bridgehead atoms. The number of nitrogens with zero attached hydrogens (tertiary/aromatic N) is 1. The van der Waals surface area contributed by atoms with Crippen LogP contribution in [0.3, 0.4) is 0 Å².